The van der Waals surface area contributed by atoms with Crippen LogP contribution in [0, 0.1) is 0 Å². The Morgan fingerprint density at radius 3 is 1.32 bits per heavy atom. The Bertz CT molecular complexity index is 2950. The average molecular weight is 1270 g/mol. The number of aliphatic hydroxyl groups excluding tert-OH is 4. The van der Waals surface area contributed by atoms with Gasteiger partial charge < -0.3 is 39.7 Å². The van der Waals surface area contributed by atoms with Crippen molar-refractivity contribution in [3.8, 4) is 34.3 Å². The molecule has 81 heavy (non-hydrogen) atoms. The number of hydrogen-bond donors (Lipinski definition) is 6. The van der Waals surface area contributed by atoms with E-state index in [1.54, 1.807) is 36.4 Å². The van der Waals surface area contributed by atoms with Crippen LogP contribution in [-0.2, 0) is 12.4 Å². The Labute approximate surface area is 504 Å². The third-order valence-electron chi connectivity index (χ3n) is 12.6. The molecule has 2 aromatic carbocycles. The molecule has 4 aromatic heterocycles. The number of aromatic nitrogens is 4. The van der Waals surface area contributed by atoms with Gasteiger partial charge in [0.2, 0.25) is 11.8 Å². The first kappa shape index (κ1) is 68.0. The number of pyridine rings is 4. The summed E-state index contributed by atoms with van der Waals surface area (Å²) in [5, 5.41) is 42.6. The van der Waals surface area contributed by atoms with Crippen LogP contribution in [0.4, 0.5) is 70.6 Å². The maximum Gasteiger partial charge on any atom is 0.416 e. The summed E-state index contributed by atoms with van der Waals surface area (Å²) in [5.41, 5.74) is 0.179. The Morgan fingerprint density at radius 2 is 0.963 bits per heavy atom. The number of rotatable bonds is 12. The first-order valence-electron chi connectivity index (χ1n) is 23.5. The second-order valence-corrected chi connectivity index (χ2v) is 18.7. The first-order chi connectivity index (χ1) is 36.3. The van der Waals surface area contributed by atoms with Gasteiger partial charge in [0.1, 0.15) is 37.1 Å². The molecule has 6 aromatic rings. The van der Waals surface area contributed by atoms with E-state index >= 15 is 0 Å². The van der Waals surface area contributed by atoms with Crippen molar-refractivity contribution >= 4 is 136 Å². The van der Waals surface area contributed by atoms with Gasteiger partial charge in [0.05, 0.1) is 69.2 Å². The Hall–Kier alpha value is -5.53. The summed E-state index contributed by atoms with van der Waals surface area (Å²) >= 11 is 13.0. The highest BCUT2D eigenvalue weighted by molar-refractivity contribution is 7.59. The molecule has 18 nitrogen and oxygen atoms in total. The summed E-state index contributed by atoms with van der Waals surface area (Å²) in [6.45, 7) is 1.14. The molecule has 4 amide bonds. The average Bonchev–Trinajstić information content (AvgIpc) is 4.03. The van der Waals surface area contributed by atoms with Gasteiger partial charge in [-0.15, -0.1) is 12.4 Å². The molecule has 0 spiro atoms. The van der Waals surface area contributed by atoms with Crippen LogP contribution in [-0.4, -0.2) is 129 Å². The molecule has 8 heterocycles. The quantitative estimate of drug-likeness (QED) is 0.0629. The standard InChI is InChI=1S/2C25H23ClF3N5O4.ClH.4H2S/c2*26-18-10-19-23(32-22(18)14-3-1-4-15(9-14)25(27,28)29)34(16-7-8-33(19)11-16)24(37)31-20-5-2-6-21(30-20)38-13-17(36)12-35;;;;;/h2*1-6,9-10,16-17,35-36H,7-8,11-13H2,(H,30,31,37);1H;4*1H2/t2*16-,17-;;;;;/m00...../s1. The lowest BCUT2D eigenvalue weighted by Gasteiger charge is -2.36. The van der Waals surface area contributed by atoms with Gasteiger partial charge in [0.15, 0.2) is 11.6 Å². The predicted molar refractivity (Wildman–Crippen MR) is 318 cm³/mol. The number of carbonyl (C=O) groups excluding carboxylic acids is 2. The van der Waals surface area contributed by atoms with E-state index in [0.717, 1.165) is 24.3 Å². The van der Waals surface area contributed by atoms with Crippen molar-refractivity contribution < 1.29 is 65.8 Å². The number of nitrogens with zero attached hydrogens (tertiary/aromatic N) is 8. The first-order valence-corrected chi connectivity index (χ1v) is 24.3. The number of alkyl halides is 6. The molecule has 4 aliphatic rings. The summed E-state index contributed by atoms with van der Waals surface area (Å²) in [6, 6.07) is 20.6. The highest BCUT2D eigenvalue weighted by Gasteiger charge is 2.43. The fourth-order valence-corrected chi connectivity index (χ4v) is 9.51. The van der Waals surface area contributed by atoms with Crippen molar-refractivity contribution in [1.29, 1.82) is 0 Å². The Kier molecular flexibility index (Phi) is 24.0. The normalized spacial score (nSPS) is 16.2. The topological polar surface area (TPSA) is 222 Å². The number of aliphatic hydroxyl groups is 4. The van der Waals surface area contributed by atoms with E-state index in [1.807, 2.05) is 9.80 Å². The van der Waals surface area contributed by atoms with Gasteiger partial charge in [0.25, 0.3) is 0 Å². The summed E-state index contributed by atoms with van der Waals surface area (Å²) in [4.78, 5) is 51.6. The van der Waals surface area contributed by atoms with Crippen molar-refractivity contribution in [2.75, 3.05) is 82.8 Å². The molecule has 2 saturated heterocycles. The largest absolute Gasteiger partial charge is 0.475 e. The van der Waals surface area contributed by atoms with Crippen LogP contribution < -0.4 is 39.7 Å². The van der Waals surface area contributed by atoms with Crippen LogP contribution in [0.15, 0.2) is 97.1 Å². The van der Waals surface area contributed by atoms with Crippen molar-refractivity contribution in [1.82, 2.24) is 19.9 Å². The van der Waals surface area contributed by atoms with E-state index < -0.39 is 61.0 Å². The van der Waals surface area contributed by atoms with Crippen LogP contribution in [0.2, 0.25) is 10.0 Å². The monoisotopic (exact) mass is 1270 g/mol. The van der Waals surface area contributed by atoms with Crippen LogP contribution in [0.1, 0.15) is 24.0 Å². The predicted octanol–water partition coefficient (Wildman–Crippen LogP) is 9.23. The highest BCUT2D eigenvalue weighted by Crippen LogP contribution is 2.46. The third-order valence-corrected chi connectivity index (χ3v) is 13.2. The van der Waals surface area contributed by atoms with E-state index in [0.29, 0.717) is 50.4 Å². The van der Waals surface area contributed by atoms with Crippen LogP contribution in [0.25, 0.3) is 22.5 Å². The number of amides is 4. The number of carbonyl (C=O) groups is 2. The van der Waals surface area contributed by atoms with Crippen LogP contribution in [0.3, 0.4) is 0 Å². The Balaban J connectivity index is 0.000000328. The lowest BCUT2D eigenvalue weighted by Crippen LogP contribution is -2.48. The van der Waals surface area contributed by atoms with Gasteiger partial charge in [-0.2, -0.15) is 90.3 Å². The lowest BCUT2D eigenvalue weighted by atomic mass is 10.1. The van der Waals surface area contributed by atoms with E-state index in [1.165, 1.54) is 46.2 Å². The van der Waals surface area contributed by atoms with Crippen LogP contribution >= 0.6 is 89.6 Å². The number of fused-ring (bicyclic) bond motifs is 8. The van der Waals surface area contributed by atoms with E-state index in [9.17, 15) is 46.1 Å². The smallest absolute Gasteiger partial charge is 0.416 e. The number of hydrogen-bond acceptors (Lipinski definition) is 14. The zero-order chi connectivity index (χ0) is 54.1. The summed E-state index contributed by atoms with van der Waals surface area (Å²) in [7, 11) is 0. The fraction of sp³-hybridized carbons (Fsp3) is 0.320. The Morgan fingerprint density at radius 1 is 0.593 bits per heavy atom. The molecule has 10 rings (SSSR count). The van der Waals surface area contributed by atoms with Crippen molar-refractivity contribution in [2.24, 2.45) is 0 Å². The van der Waals surface area contributed by atoms with Crippen molar-refractivity contribution in [3.05, 3.63) is 118 Å². The molecule has 440 valence electrons. The second kappa shape index (κ2) is 28.6. The SMILES string of the molecule is Cl.O=C(Nc1cccc(OC[C@@H](O)CO)n1)N1c2nc(-c3cccc(C(F)(F)F)c3)c(Cl)cc2N2CC[C@H]1C2.O=C(Nc1cccc(OC[C@@H](O)CO)n1)N1c2nc(-c3cccc(C(F)(F)F)c3)c(Cl)cc2N2CC[C@H]1C2.S.S.S.S. The van der Waals surface area contributed by atoms with E-state index in [-0.39, 0.29) is 159 Å². The molecule has 4 bridgehead atoms. The van der Waals surface area contributed by atoms with Gasteiger partial charge in [-0.05, 0) is 61.4 Å². The molecule has 0 aliphatic carbocycles. The lowest BCUT2D eigenvalue weighted by molar-refractivity contribution is -0.138. The van der Waals surface area contributed by atoms with E-state index in [4.69, 9.17) is 42.9 Å². The van der Waals surface area contributed by atoms with Gasteiger partial charge in [-0.3, -0.25) is 20.4 Å². The minimum Gasteiger partial charge on any atom is -0.475 e. The summed E-state index contributed by atoms with van der Waals surface area (Å²) in [6.07, 6.45) is -9.89. The maximum atomic E-state index is 13.5. The zero-order valence-electron chi connectivity index (χ0n) is 42.0. The molecule has 4 aliphatic heterocycles. The minimum atomic E-state index is -4.53. The van der Waals surface area contributed by atoms with Crippen LogP contribution in [0.5, 0.6) is 11.8 Å². The number of halogens is 9. The molecule has 4 atom stereocenters. The fourth-order valence-electron chi connectivity index (χ4n) is 9.00. The third kappa shape index (κ3) is 15.6. The minimum absolute atomic E-state index is 0. The molecule has 0 saturated carbocycles. The maximum absolute atomic E-state index is 13.5. The van der Waals surface area contributed by atoms with Gasteiger partial charge >= 0.3 is 24.4 Å². The zero-order valence-corrected chi connectivity index (χ0v) is 48.4. The van der Waals surface area contributed by atoms with Gasteiger partial charge in [-0.25, -0.2) is 19.6 Å². The summed E-state index contributed by atoms with van der Waals surface area (Å²) < 4.78 is 90.6. The molecular weight excluding hydrogens is 1220 g/mol. The number of anilines is 6. The molecule has 0 unspecified atom stereocenters. The van der Waals surface area contributed by atoms with Gasteiger partial charge in [0, 0.05) is 49.4 Å². The number of nitrogens with one attached hydrogen (secondary N) is 2. The number of urea groups is 2. The second-order valence-electron chi connectivity index (χ2n) is 17.9. The molecule has 2 fully saturated rings. The molecule has 6 N–H and O–H groups in total. The van der Waals surface area contributed by atoms with E-state index in [2.05, 4.69) is 30.6 Å². The van der Waals surface area contributed by atoms with Gasteiger partial charge in [-0.1, -0.05) is 59.6 Å². The molecule has 31 heteroatoms. The molecule has 0 radical (unpaired) electrons. The van der Waals surface area contributed by atoms with Crippen molar-refractivity contribution in [3.63, 3.8) is 0 Å². The number of ether oxygens (including phenoxy) is 2. The molecular formula is C50H55Cl3F6N10O8S4. The highest BCUT2D eigenvalue weighted by atomic mass is 35.5. The van der Waals surface area contributed by atoms with Crippen molar-refractivity contribution in [2.45, 2.75) is 49.5 Å². The summed E-state index contributed by atoms with van der Waals surface area (Å²) in [5.74, 6) is 1.20. The number of benzene rings is 2.